The first kappa shape index (κ1) is 17.2. The van der Waals surface area contributed by atoms with E-state index in [1.807, 2.05) is 0 Å². The Bertz CT molecular complexity index is 731. The van der Waals surface area contributed by atoms with Crippen molar-refractivity contribution in [1.29, 1.82) is 0 Å². The van der Waals surface area contributed by atoms with Crippen LogP contribution in [-0.4, -0.2) is 33.7 Å². The number of carbonyl (C=O) groups excluding carboxylic acids is 1. The number of thiazole rings is 1. The van der Waals surface area contributed by atoms with E-state index < -0.39 is 0 Å². The molecular formula is C16H21N5OS2. The summed E-state index contributed by atoms with van der Waals surface area (Å²) < 4.78 is 0. The van der Waals surface area contributed by atoms with E-state index in [0.717, 1.165) is 59.8 Å². The van der Waals surface area contributed by atoms with Crippen LogP contribution in [0.1, 0.15) is 45.3 Å². The van der Waals surface area contributed by atoms with E-state index in [4.69, 9.17) is 5.73 Å². The van der Waals surface area contributed by atoms with Gasteiger partial charge in [0.1, 0.15) is 10.7 Å². The summed E-state index contributed by atoms with van der Waals surface area (Å²) in [5, 5.41) is 6.12. The Labute approximate surface area is 149 Å². The number of nitrogens with two attached hydrogens (primary N) is 1. The second kappa shape index (κ2) is 7.94. The van der Waals surface area contributed by atoms with Gasteiger partial charge in [-0.1, -0.05) is 0 Å². The van der Waals surface area contributed by atoms with Crippen LogP contribution in [0.5, 0.6) is 0 Å². The minimum absolute atomic E-state index is 0.165. The highest BCUT2D eigenvalue weighted by Crippen LogP contribution is 2.22. The van der Waals surface area contributed by atoms with E-state index in [2.05, 4.69) is 31.9 Å². The number of anilines is 1. The normalized spacial score (nSPS) is 13.5. The van der Waals surface area contributed by atoms with Crippen LogP contribution in [0.25, 0.3) is 0 Å². The van der Waals surface area contributed by atoms with Crippen LogP contribution in [0.2, 0.25) is 0 Å². The summed E-state index contributed by atoms with van der Waals surface area (Å²) in [5.41, 5.74) is 9.12. The molecule has 2 aromatic rings. The Morgan fingerprint density at radius 3 is 3.00 bits per heavy atom. The van der Waals surface area contributed by atoms with Crippen LogP contribution < -0.4 is 11.1 Å². The average molecular weight is 364 g/mol. The molecule has 1 amide bonds. The average Bonchev–Trinajstić information content (AvgIpc) is 3.01. The summed E-state index contributed by atoms with van der Waals surface area (Å²) >= 11 is 3.43. The molecule has 2 heterocycles. The maximum absolute atomic E-state index is 12.5. The summed E-state index contributed by atoms with van der Waals surface area (Å²) in [5.74, 6) is 0.951. The van der Waals surface area contributed by atoms with E-state index in [0.29, 0.717) is 12.2 Å². The van der Waals surface area contributed by atoms with E-state index in [9.17, 15) is 4.79 Å². The lowest BCUT2D eigenvalue weighted by molar-refractivity contribution is 0.0947. The predicted molar refractivity (Wildman–Crippen MR) is 98.5 cm³/mol. The zero-order valence-corrected chi connectivity index (χ0v) is 15.3. The highest BCUT2D eigenvalue weighted by molar-refractivity contribution is 7.97. The Hall–Kier alpha value is -1.67. The van der Waals surface area contributed by atoms with Crippen molar-refractivity contribution in [3.8, 4) is 0 Å². The fraction of sp³-hybridized carbons (Fsp3) is 0.500. The molecule has 6 nitrogen and oxygen atoms in total. The minimum Gasteiger partial charge on any atom is -0.368 e. The number of hydrogen-bond donors (Lipinski definition) is 2. The number of aryl methyl sites for hydroxylation is 1. The topological polar surface area (TPSA) is 93.8 Å². The predicted octanol–water partition coefficient (Wildman–Crippen LogP) is 2.23. The van der Waals surface area contributed by atoms with Crippen LogP contribution >= 0.6 is 23.1 Å². The van der Waals surface area contributed by atoms with Gasteiger partial charge in [-0.3, -0.25) is 4.79 Å². The van der Waals surface area contributed by atoms with Gasteiger partial charge in [-0.2, -0.15) is 11.8 Å². The van der Waals surface area contributed by atoms with E-state index in [-0.39, 0.29) is 11.9 Å². The zero-order valence-electron chi connectivity index (χ0n) is 13.7. The van der Waals surface area contributed by atoms with Gasteiger partial charge in [-0.25, -0.2) is 15.0 Å². The van der Waals surface area contributed by atoms with Crippen molar-refractivity contribution in [2.45, 2.75) is 37.9 Å². The summed E-state index contributed by atoms with van der Waals surface area (Å²) in [7, 11) is 0. The van der Waals surface area contributed by atoms with Gasteiger partial charge >= 0.3 is 0 Å². The Kier molecular flexibility index (Phi) is 5.68. The van der Waals surface area contributed by atoms with E-state index >= 15 is 0 Å². The lowest BCUT2D eigenvalue weighted by Crippen LogP contribution is -2.29. The second-order valence-electron chi connectivity index (χ2n) is 5.73. The van der Waals surface area contributed by atoms with Crippen molar-refractivity contribution in [2.75, 3.05) is 18.5 Å². The molecule has 1 aliphatic rings. The SMILES string of the molecule is CSCc1nc(CCNC(=O)c2nc(N)nc3c2CCCC3)cs1. The zero-order chi connectivity index (χ0) is 16.9. The van der Waals surface area contributed by atoms with Crippen molar-refractivity contribution in [3.05, 3.63) is 33.0 Å². The second-order valence-corrected chi connectivity index (χ2v) is 7.54. The quantitative estimate of drug-likeness (QED) is 0.817. The molecule has 0 aliphatic heterocycles. The molecule has 3 rings (SSSR count). The molecule has 0 unspecified atom stereocenters. The lowest BCUT2D eigenvalue weighted by Gasteiger charge is -2.17. The summed E-state index contributed by atoms with van der Waals surface area (Å²) in [6.07, 6.45) is 6.67. The third kappa shape index (κ3) is 4.05. The van der Waals surface area contributed by atoms with Crippen molar-refractivity contribution in [2.24, 2.45) is 0 Å². The monoisotopic (exact) mass is 363 g/mol. The largest absolute Gasteiger partial charge is 0.368 e. The molecule has 0 atom stereocenters. The van der Waals surface area contributed by atoms with Gasteiger partial charge in [-0.15, -0.1) is 11.3 Å². The van der Waals surface area contributed by atoms with Crippen LogP contribution in [-0.2, 0) is 25.0 Å². The van der Waals surface area contributed by atoms with Crippen LogP contribution in [0, 0.1) is 0 Å². The number of nitrogens with one attached hydrogen (secondary N) is 1. The van der Waals surface area contributed by atoms with Gasteiger partial charge in [0.05, 0.1) is 5.69 Å². The van der Waals surface area contributed by atoms with Gasteiger partial charge in [0.2, 0.25) is 5.95 Å². The molecule has 0 fully saturated rings. The van der Waals surface area contributed by atoms with Crippen molar-refractivity contribution in [1.82, 2.24) is 20.3 Å². The molecule has 0 spiro atoms. The van der Waals surface area contributed by atoms with Crippen LogP contribution in [0.15, 0.2) is 5.38 Å². The molecule has 0 aromatic carbocycles. The molecule has 0 radical (unpaired) electrons. The number of hydrogen-bond acceptors (Lipinski definition) is 7. The molecule has 24 heavy (non-hydrogen) atoms. The number of nitrogen functional groups attached to an aromatic ring is 1. The van der Waals surface area contributed by atoms with Gasteiger partial charge < -0.3 is 11.1 Å². The number of fused-ring (bicyclic) bond motifs is 1. The van der Waals surface area contributed by atoms with Gasteiger partial charge in [-0.05, 0) is 31.9 Å². The first-order valence-corrected chi connectivity index (χ1v) is 10.3. The molecular weight excluding hydrogens is 342 g/mol. The highest BCUT2D eigenvalue weighted by Gasteiger charge is 2.21. The lowest BCUT2D eigenvalue weighted by atomic mass is 9.94. The number of carbonyl (C=O) groups is 1. The maximum Gasteiger partial charge on any atom is 0.270 e. The number of thioether (sulfide) groups is 1. The number of aromatic nitrogens is 3. The summed E-state index contributed by atoms with van der Waals surface area (Å²) in [4.78, 5) is 25.5. The molecule has 2 aromatic heterocycles. The van der Waals surface area contributed by atoms with Crippen LogP contribution in [0.4, 0.5) is 5.95 Å². The maximum atomic E-state index is 12.5. The number of rotatable bonds is 6. The molecule has 8 heteroatoms. The van der Waals surface area contributed by atoms with Gasteiger partial charge in [0.25, 0.3) is 5.91 Å². The minimum atomic E-state index is -0.165. The smallest absolute Gasteiger partial charge is 0.270 e. The third-order valence-electron chi connectivity index (χ3n) is 3.95. The van der Waals surface area contributed by atoms with Crippen LogP contribution in [0.3, 0.4) is 0 Å². The first-order valence-electron chi connectivity index (χ1n) is 8.03. The molecule has 0 saturated heterocycles. The molecule has 1 aliphatic carbocycles. The van der Waals surface area contributed by atoms with E-state index in [1.165, 1.54) is 0 Å². The summed E-state index contributed by atoms with van der Waals surface area (Å²) in [6, 6.07) is 0. The van der Waals surface area contributed by atoms with Gasteiger partial charge in [0.15, 0.2) is 0 Å². The number of amides is 1. The summed E-state index contributed by atoms with van der Waals surface area (Å²) in [6.45, 7) is 0.542. The molecule has 128 valence electrons. The fourth-order valence-electron chi connectivity index (χ4n) is 2.84. The Morgan fingerprint density at radius 2 is 2.17 bits per heavy atom. The number of nitrogens with zero attached hydrogens (tertiary/aromatic N) is 3. The van der Waals surface area contributed by atoms with Crippen molar-refractivity contribution >= 4 is 35.0 Å². The fourth-order valence-corrected chi connectivity index (χ4v) is 4.39. The molecule has 3 N–H and O–H groups in total. The van der Waals surface area contributed by atoms with Gasteiger partial charge in [0, 0.05) is 35.4 Å². The van der Waals surface area contributed by atoms with Crippen molar-refractivity contribution < 1.29 is 4.79 Å². The Balaban J connectivity index is 1.61. The molecule has 0 saturated carbocycles. The van der Waals surface area contributed by atoms with E-state index in [1.54, 1.807) is 23.1 Å². The standard InChI is InChI=1S/C16H21N5OS2/c1-23-9-13-19-10(8-24-13)6-7-18-15(22)14-11-4-2-3-5-12(11)20-16(17)21-14/h8H,2-7,9H2,1H3,(H,18,22)(H2,17,20,21). The van der Waals surface area contributed by atoms with Crippen molar-refractivity contribution in [3.63, 3.8) is 0 Å². The third-order valence-corrected chi connectivity index (χ3v) is 5.59. The first-order chi connectivity index (χ1) is 11.7. The molecule has 0 bridgehead atoms. The Morgan fingerprint density at radius 1 is 1.33 bits per heavy atom. The highest BCUT2D eigenvalue weighted by atomic mass is 32.2.